The molecular formula is C19H22N2O2S. The molecule has 1 aliphatic rings. The molecule has 0 aromatic heterocycles. The molecule has 0 atom stereocenters. The van der Waals surface area contributed by atoms with Gasteiger partial charge in [0.05, 0.1) is 6.61 Å². The van der Waals surface area contributed by atoms with E-state index < -0.39 is 0 Å². The van der Waals surface area contributed by atoms with Crippen molar-refractivity contribution in [1.29, 1.82) is 0 Å². The van der Waals surface area contributed by atoms with Crippen molar-refractivity contribution in [1.82, 2.24) is 4.90 Å². The number of nitrogens with one attached hydrogen (secondary N) is 1. The molecule has 126 valence electrons. The van der Waals surface area contributed by atoms with E-state index in [1.54, 1.807) is 11.8 Å². The molecule has 24 heavy (non-hydrogen) atoms. The summed E-state index contributed by atoms with van der Waals surface area (Å²) in [5, 5.41) is 2.98. The summed E-state index contributed by atoms with van der Waals surface area (Å²) >= 11 is 1.69. The van der Waals surface area contributed by atoms with Crippen molar-refractivity contribution in [3.05, 3.63) is 53.6 Å². The molecule has 1 N–H and O–H groups in total. The predicted molar refractivity (Wildman–Crippen MR) is 99.0 cm³/mol. The van der Waals surface area contributed by atoms with Gasteiger partial charge >= 0.3 is 6.03 Å². The maximum atomic E-state index is 12.5. The van der Waals surface area contributed by atoms with Crippen LogP contribution in [0.25, 0.3) is 0 Å². The van der Waals surface area contributed by atoms with Crippen LogP contribution in [-0.2, 0) is 13.0 Å². The summed E-state index contributed by atoms with van der Waals surface area (Å²) in [4.78, 5) is 15.6. The first-order valence-electron chi connectivity index (χ1n) is 8.14. The zero-order chi connectivity index (χ0) is 16.9. The average molecular weight is 342 g/mol. The maximum Gasteiger partial charge on any atom is 0.322 e. The van der Waals surface area contributed by atoms with Gasteiger partial charge in [0.2, 0.25) is 0 Å². The molecule has 0 spiro atoms. The van der Waals surface area contributed by atoms with Crippen molar-refractivity contribution in [3.63, 3.8) is 0 Å². The molecular weight excluding hydrogens is 320 g/mol. The van der Waals surface area contributed by atoms with Crippen LogP contribution in [0.2, 0.25) is 0 Å². The van der Waals surface area contributed by atoms with Crippen LogP contribution in [0, 0.1) is 0 Å². The number of rotatable bonds is 4. The van der Waals surface area contributed by atoms with E-state index in [9.17, 15) is 4.79 Å². The minimum Gasteiger partial charge on any atom is -0.494 e. The third-order valence-corrected chi connectivity index (χ3v) is 4.87. The van der Waals surface area contributed by atoms with Crippen molar-refractivity contribution >= 4 is 23.5 Å². The zero-order valence-corrected chi connectivity index (χ0v) is 14.9. The maximum absolute atomic E-state index is 12.5. The van der Waals surface area contributed by atoms with Crippen LogP contribution >= 0.6 is 11.8 Å². The molecule has 2 aromatic carbocycles. The van der Waals surface area contributed by atoms with Gasteiger partial charge in [-0.3, -0.25) is 0 Å². The van der Waals surface area contributed by atoms with Crippen LogP contribution in [0.1, 0.15) is 18.1 Å². The van der Waals surface area contributed by atoms with E-state index in [4.69, 9.17) is 4.74 Å². The molecule has 2 amide bonds. The van der Waals surface area contributed by atoms with E-state index in [1.165, 1.54) is 16.0 Å². The number of hydrogen-bond donors (Lipinski definition) is 1. The molecule has 1 heterocycles. The Balaban J connectivity index is 1.67. The fourth-order valence-corrected chi connectivity index (χ4v) is 3.25. The quantitative estimate of drug-likeness (QED) is 0.838. The predicted octanol–water partition coefficient (Wildman–Crippen LogP) is 4.40. The molecule has 0 saturated carbocycles. The van der Waals surface area contributed by atoms with E-state index in [1.807, 2.05) is 54.5 Å². The summed E-state index contributed by atoms with van der Waals surface area (Å²) in [6.07, 6.45) is 2.91. The highest BCUT2D eigenvalue weighted by molar-refractivity contribution is 7.98. The number of hydrogen-bond acceptors (Lipinski definition) is 3. The topological polar surface area (TPSA) is 41.6 Å². The van der Waals surface area contributed by atoms with Gasteiger partial charge in [0.1, 0.15) is 5.75 Å². The minimum atomic E-state index is -0.0561. The van der Waals surface area contributed by atoms with Crippen molar-refractivity contribution in [2.75, 3.05) is 24.7 Å². The summed E-state index contributed by atoms with van der Waals surface area (Å²) in [7, 11) is 0. The minimum absolute atomic E-state index is 0.0561. The number of amides is 2. The Bertz CT molecular complexity index is 716. The van der Waals surface area contributed by atoms with Crippen LogP contribution in [0.4, 0.5) is 10.5 Å². The van der Waals surface area contributed by atoms with Gasteiger partial charge < -0.3 is 15.0 Å². The Morgan fingerprint density at radius 3 is 2.71 bits per heavy atom. The number of anilines is 1. The van der Waals surface area contributed by atoms with Crippen molar-refractivity contribution < 1.29 is 9.53 Å². The van der Waals surface area contributed by atoms with E-state index >= 15 is 0 Å². The molecule has 5 heteroatoms. The normalized spacial score (nSPS) is 13.3. The second-order valence-corrected chi connectivity index (χ2v) is 6.57. The lowest BCUT2D eigenvalue weighted by Gasteiger charge is -2.29. The molecule has 0 unspecified atom stereocenters. The number of benzene rings is 2. The number of carbonyl (C=O) groups is 1. The Labute approximate surface area is 147 Å². The molecule has 3 rings (SSSR count). The van der Waals surface area contributed by atoms with Crippen LogP contribution in [0.3, 0.4) is 0 Å². The number of nitrogens with zero attached hydrogens (tertiary/aromatic N) is 1. The van der Waals surface area contributed by atoms with E-state index in [-0.39, 0.29) is 6.03 Å². The average Bonchev–Trinajstić information content (AvgIpc) is 2.62. The lowest BCUT2D eigenvalue weighted by Crippen LogP contribution is -2.38. The van der Waals surface area contributed by atoms with E-state index in [2.05, 4.69) is 11.4 Å². The van der Waals surface area contributed by atoms with Crippen LogP contribution < -0.4 is 10.1 Å². The smallest absolute Gasteiger partial charge is 0.322 e. The molecule has 0 saturated heterocycles. The molecule has 0 fully saturated rings. The van der Waals surface area contributed by atoms with Gasteiger partial charge in [-0.1, -0.05) is 6.07 Å². The van der Waals surface area contributed by atoms with Gasteiger partial charge in [-0.2, -0.15) is 0 Å². The first kappa shape index (κ1) is 16.7. The SMILES string of the molecule is CCOc1ccc2c(c1)CN(C(=O)Nc1ccc(SC)cc1)CC2. The van der Waals surface area contributed by atoms with Gasteiger partial charge in [0.25, 0.3) is 0 Å². The fraction of sp³-hybridized carbons (Fsp3) is 0.316. The lowest BCUT2D eigenvalue weighted by molar-refractivity contribution is 0.206. The third-order valence-electron chi connectivity index (χ3n) is 4.13. The number of carbonyl (C=O) groups excluding carboxylic acids is 1. The zero-order valence-electron chi connectivity index (χ0n) is 14.0. The summed E-state index contributed by atoms with van der Waals surface area (Å²) in [6.45, 7) is 3.97. The fourth-order valence-electron chi connectivity index (χ4n) is 2.84. The summed E-state index contributed by atoms with van der Waals surface area (Å²) < 4.78 is 5.56. The largest absolute Gasteiger partial charge is 0.494 e. The van der Waals surface area contributed by atoms with Crippen LogP contribution in [0.5, 0.6) is 5.75 Å². The Kier molecular flexibility index (Phi) is 5.30. The monoisotopic (exact) mass is 342 g/mol. The van der Waals surface area contributed by atoms with Crippen molar-refractivity contribution in [2.45, 2.75) is 24.8 Å². The lowest BCUT2D eigenvalue weighted by atomic mass is 10.00. The highest BCUT2D eigenvalue weighted by Gasteiger charge is 2.21. The van der Waals surface area contributed by atoms with Crippen molar-refractivity contribution in [3.8, 4) is 5.75 Å². The van der Waals surface area contributed by atoms with E-state index in [0.717, 1.165) is 24.4 Å². The van der Waals surface area contributed by atoms with Gasteiger partial charge in [0, 0.05) is 23.7 Å². The Hall–Kier alpha value is -2.14. The molecule has 0 radical (unpaired) electrons. The van der Waals surface area contributed by atoms with E-state index in [0.29, 0.717) is 13.2 Å². The van der Waals surface area contributed by atoms with Gasteiger partial charge in [0.15, 0.2) is 0 Å². The molecule has 4 nitrogen and oxygen atoms in total. The molecule has 2 aromatic rings. The molecule has 0 bridgehead atoms. The second kappa shape index (κ2) is 7.62. The van der Waals surface area contributed by atoms with Gasteiger partial charge in [-0.15, -0.1) is 11.8 Å². The third kappa shape index (κ3) is 3.85. The molecule has 1 aliphatic heterocycles. The van der Waals surface area contributed by atoms with Crippen LogP contribution in [0.15, 0.2) is 47.4 Å². The standard InChI is InChI=1S/C19H22N2O2S/c1-3-23-17-7-4-14-10-11-21(13-15(14)12-17)19(22)20-16-5-8-18(24-2)9-6-16/h4-9,12H,3,10-11,13H2,1-2H3,(H,20,22). The van der Waals surface area contributed by atoms with Crippen LogP contribution in [-0.4, -0.2) is 30.3 Å². The summed E-state index contributed by atoms with van der Waals surface area (Å²) in [6, 6.07) is 14.0. The summed E-state index contributed by atoms with van der Waals surface area (Å²) in [5.74, 6) is 0.867. The Morgan fingerprint density at radius 2 is 2.00 bits per heavy atom. The number of fused-ring (bicyclic) bond motifs is 1. The van der Waals surface area contributed by atoms with Gasteiger partial charge in [-0.25, -0.2) is 4.79 Å². The number of thioether (sulfide) groups is 1. The summed E-state index contributed by atoms with van der Waals surface area (Å²) in [5.41, 5.74) is 3.29. The van der Waals surface area contributed by atoms with Gasteiger partial charge in [-0.05, 0) is 67.1 Å². The number of ether oxygens (including phenoxy) is 1. The first-order chi connectivity index (χ1) is 11.7. The van der Waals surface area contributed by atoms with Crippen molar-refractivity contribution in [2.24, 2.45) is 0 Å². The Morgan fingerprint density at radius 1 is 1.21 bits per heavy atom. The molecule has 0 aliphatic carbocycles. The first-order valence-corrected chi connectivity index (χ1v) is 9.36. The number of urea groups is 1. The highest BCUT2D eigenvalue weighted by Crippen LogP contribution is 2.25. The second-order valence-electron chi connectivity index (χ2n) is 5.69. The highest BCUT2D eigenvalue weighted by atomic mass is 32.2.